The van der Waals surface area contributed by atoms with Gasteiger partial charge in [0.2, 0.25) is 5.91 Å². The molecule has 2 amide bonds. The summed E-state index contributed by atoms with van der Waals surface area (Å²) in [7, 11) is 0. The summed E-state index contributed by atoms with van der Waals surface area (Å²) in [5, 5.41) is 6.71. The van der Waals surface area contributed by atoms with Crippen LogP contribution in [-0.2, 0) is 17.9 Å². The van der Waals surface area contributed by atoms with E-state index in [4.69, 9.17) is 11.6 Å². The Morgan fingerprint density at radius 2 is 2.10 bits per heavy atom. The van der Waals surface area contributed by atoms with Gasteiger partial charge in [0.1, 0.15) is 11.5 Å². The van der Waals surface area contributed by atoms with Gasteiger partial charge in [0.25, 0.3) is 5.91 Å². The molecule has 8 heteroatoms. The van der Waals surface area contributed by atoms with Crippen LogP contribution < -0.4 is 10.6 Å². The molecule has 0 radical (unpaired) electrons. The number of anilines is 1. The maximum Gasteiger partial charge on any atom is 0.273 e. The van der Waals surface area contributed by atoms with Gasteiger partial charge in [0.05, 0.1) is 23.5 Å². The molecule has 2 aromatic rings. The Bertz CT molecular complexity index is 933. The number of rotatable bonds is 4. The Kier molecular flexibility index (Phi) is 5.97. The lowest BCUT2D eigenvalue weighted by Crippen LogP contribution is -2.39. The molecule has 0 bridgehead atoms. The van der Waals surface area contributed by atoms with E-state index in [-0.39, 0.29) is 17.9 Å². The first-order valence-electron chi connectivity index (χ1n) is 9.92. The molecule has 7 nitrogen and oxygen atoms in total. The number of fused-ring (bicyclic) bond motifs is 1. The molecular formula is C21H24ClN5O2. The number of aromatic nitrogens is 2. The minimum atomic E-state index is -0.264. The third kappa shape index (κ3) is 4.52. The van der Waals surface area contributed by atoms with Crippen molar-refractivity contribution in [2.75, 3.05) is 18.4 Å². The second-order valence-corrected chi connectivity index (χ2v) is 7.73. The summed E-state index contributed by atoms with van der Waals surface area (Å²) in [4.78, 5) is 31.3. The molecule has 3 heterocycles. The van der Waals surface area contributed by atoms with Crippen molar-refractivity contribution in [2.24, 2.45) is 0 Å². The summed E-state index contributed by atoms with van der Waals surface area (Å²) < 4.78 is 1.86. The number of nitrogens with zero attached hydrogens (tertiary/aromatic N) is 3. The fraction of sp³-hybridized carbons (Fsp3) is 0.381. The van der Waals surface area contributed by atoms with Gasteiger partial charge in [-0.15, -0.1) is 0 Å². The molecule has 1 fully saturated rings. The molecule has 2 aliphatic rings. The van der Waals surface area contributed by atoms with Crippen molar-refractivity contribution in [3.05, 3.63) is 59.2 Å². The normalized spacial score (nSPS) is 19.2. The first kappa shape index (κ1) is 19.7. The first-order chi connectivity index (χ1) is 14.1. The maximum absolute atomic E-state index is 12.7. The highest BCUT2D eigenvalue weighted by Crippen LogP contribution is 2.22. The topological polar surface area (TPSA) is 79.3 Å². The van der Waals surface area contributed by atoms with E-state index in [1.165, 1.54) is 12.8 Å². The highest BCUT2D eigenvalue weighted by molar-refractivity contribution is 6.33. The van der Waals surface area contributed by atoms with Crippen LogP contribution in [0.25, 0.3) is 0 Å². The van der Waals surface area contributed by atoms with E-state index in [2.05, 4.69) is 15.6 Å². The van der Waals surface area contributed by atoms with Gasteiger partial charge >= 0.3 is 0 Å². The molecule has 1 saturated heterocycles. The Morgan fingerprint density at radius 1 is 1.24 bits per heavy atom. The average Bonchev–Trinajstić information content (AvgIpc) is 3.18. The average molecular weight is 414 g/mol. The molecule has 152 valence electrons. The molecule has 0 aliphatic carbocycles. The number of benzene rings is 1. The number of imidazole rings is 1. The Balaban J connectivity index is 1.40. The van der Waals surface area contributed by atoms with Gasteiger partial charge in [-0.1, -0.05) is 36.2 Å². The number of nitrogens with one attached hydrogen (secondary N) is 2. The van der Waals surface area contributed by atoms with Gasteiger partial charge in [-0.05, 0) is 31.5 Å². The molecule has 1 aromatic heterocycles. The minimum absolute atomic E-state index is 0.0197. The fourth-order valence-electron chi connectivity index (χ4n) is 3.73. The van der Waals surface area contributed by atoms with Gasteiger partial charge in [-0.25, -0.2) is 4.98 Å². The monoisotopic (exact) mass is 413 g/mol. The minimum Gasteiger partial charge on any atom is -0.330 e. The van der Waals surface area contributed by atoms with Crippen LogP contribution in [0.5, 0.6) is 0 Å². The summed E-state index contributed by atoms with van der Waals surface area (Å²) in [6.45, 7) is 2.46. The SMILES string of the molecule is O=C(Nc1ccccc1Cl)c1cnc2n1CCN(C(=O)/C=C/C1CCCCN1)C2. The molecule has 4 rings (SSSR count). The van der Waals surface area contributed by atoms with Crippen molar-refractivity contribution in [2.45, 2.75) is 38.4 Å². The highest BCUT2D eigenvalue weighted by atomic mass is 35.5. The third-order valence-corrected chi connectivity index (χ3v) is 5.68. The quantitative estimate of drug-likeness (QED) is 0.755. The predicted molar refractivity (Wildman–Crippen MR) is 112 cm³/mol. The number of hydrogen-bond acceptors (Lipinski definition) is 4. The summed E-state index contributed by atoms with van der Waals surface area (Å²) >= 11 is 6.12. The third-order valence-electron chi connectivity index (χ3n) is 5.35. The zero-order valence-corrected chi connectivity index (χ0v) is 16.9. The van der Waals surface area contributed by atoms with Gasteiger partial charge in [-0.3, -0.25) is 9.59 Å². The van der Waals surface area contributed by atoms with E-state index < -0.39 is 0 Å². The second-order valence-electron chi connectivity index (χ2n) is 7.32. The molecule has 1 unspecified atom stereocenters. The van der Waals surface area contributed by atoms with E-state index in [1.54, 1.807) is 29.3 Å². The summed E-state index contributed by atoms with van der Waals surface area (Å²) in [5.74, 6) is 0.423. The van der Waals surface area contributed by atoms with Gasteiger partial charge in [0, 0.05) is 25.2 Å². The Hall–Kier alpha value is -2.64. The van der Waals surface area contributed by atoms with Crippen molar-refractivity contribution >= 4 is 29.1 Å². The van der Waals surface area contributed by atoms with Crippen LogP contribution in [0.4, 0.5) is 5.69 Å². The number of amides is 2. The number of halogens is 1. The van der Waals surface area contributed by atoms with Gasteiger partial charge in [0.15, 0.2) is 0 Å². The van der Waals surface area contributed by atoms with Crippen molar-refractivity contribution in [1.29, 1.82) is 0 Å². The molecule has 1 atom stereocenters. The standard InChI is InChI=1S/C21H24ClN5O2/c22-16-6-1-2-7-17(16)25-21(29)18-13-24-19-14-26(11-12-27(18)19)20(28)9-8-15-5-3-4-10-23-15/h1-2,6-9,13,15,23H,3-5,10-12,14H2,(H,25,29)/b9-8+. The number of piperidine rings is 1. The Morgan fingerprint density at radius 3 is 2.90 bits per heavy atom. The van der Waals surface area contributed by atoms with Crippen molar-refractivity contribution in [3.8, 4) is 0 Å². The van der Waals surface area contributed by atoms with Gasteiger partial charge < -0.3 is 20.1 Å². The van der Waals surface area contributed by atoms with Crippen molar-refractivity contribution in [1.82, 2.24) is 19.8 Å². The van der Waals surface area contributed by atoms with Crippen molar-refractivity contribution in [3.63, 3.8) is 0 Å². The molecule has 0 spiro atoms. The van der Waals surface area contributed by atoms with Crippen LogP contribution in [0.2, 0.25) is 5.02 Å². The molecular weight excluding hydrogens is 390 g/mol. The number of carbonyl (C=O) groups excluding carboxylic acids is 2. The lowest BCUT2D eigenvalue weighted by molar-refractivity contribution is -0.127. The lowest BCUT2D eigenvalue weighted by Gasteiger charge is -2.28. The van der Waals surface area contributed by atoms with Crippen LogP contribution in [0.1, 0.15) is 35.6 Å². The van der Waals surface area contributed by atoms with Crippen molar-refractivity contribution < 1.29 is 9.59 Å². The van der Waals surface area contributed by atoms with Crippen LogP contribution in [0, 0.1) is 0 Å². The second kappa shape index (κ2) is 8.80. The summed E-state index contributed by atoms with van der Waals surface area (Å²) in [6, 6.07) is 7.38. The number of hydrogen-bond donors (Lipinski definition) is 2. The predicted octanol–water partition coefficient (Wildman–Crippen LogP) is 2.83. The van der Waals surface area contributed by atoms with E-state index >= 15 is 0 Å². The van der Waals surface area contributed by atoms with E-state index in [0.29, 0.717) is 41.9 Å². The molecule has 29 heavy (non-hydrogen) atoms. The maximum atomic E-state index is 12.7. The summed E-state index contributed by atoms with van der Waals surface area (Å²) in [6.07, 6.45) is 8.63. The molecule has 0 saturated carbocycles. The molecule has 2 aliphatic heterocycles. The molecule has 1 aromatic carbocycles. The largest absolute Gasteiger partial charge is 0.330 e. The van der Waals surface area contributed by atoms with Gasteiger partial charge in [-0.2, -0.15) is 0 Å². The van der Waals surface area contributed by atoms with E-state index in [1.807, 2.05) is 22.8 Å². The number of para-hydroxylation sites is 1. The van der Waals surface area contributed by atoms with Crippen LogP contribution in [0.3, 0.4) is 0 Å². The highest BCUT2D eigenvalue weighted by Gasteiger charge is 2.25. The van der Waals surface area contributed by atoms with Crippen LogP contribution in [0.15, 0.2) is 42.6 Å². The lowest BCUT2D eigenvalue weighted by atomic mass is 10.0. The van der Waals surface area contributed by atoms with E-state index in [0.717, 1.165) is 13.0 Å². The smallest absolute Gasteiger partial charge is 0.273 e. The van der Waals surface area contributed by atoms with E-state index in [9.17, 15) is 9.59 Å². The zero-order valence-electron chi connectivity index (χ0n) is 16.1. The number of carbonyl (C=O) groups is 2. The summed E-state index contributed by atoms with van der Waals surface area (Å²) in [5.41, 5.74) is 1.03. The Labute approximate surface area is 174 Å². The fourth-order valence-corrected chi connectivity index (χ4v) is 3.91. The first-order valence-corrected chi connectivity index (χ1v) is 10.3. The van der Waals surface area contributed by atoms with Crippen LogP contribution >= 0.6 is 11.6 Å². The molecule has 2 N–H and O–H groups in total. The zero-order chi connectivity index (χ0) is 20.2. The van der Waals surface area contributed by atoms with Crippen LogP contribution in [-0.4, -0.2) is 45.4 Å².